The molecule has 1 atom stereocenters. The van der Waals surface area contributed by atoms with E-state index in [1.807, 2.05) is 20.1 Å². The molecule has 1 unspecified atom stereocenters. The SMILES string of the molecule is CCc1[nH]nc(C(=O)NC(C)CSC)c1N. The van der Waals surface area contributed by atoms with Crippen molar-refractivity contribution in [2.75, 3.05) is 17.7 Å². The number of thioether (sulfide) groups is 1. The van der Waals surface area contributed by atoms with Gasteiger partial charge in [0.1, 0.15) is 0 Å². The van der Waals surface area contributed by atoms with E-state index in [0.29, 0.717) is 11.4 Å². The molecule has 6 heteroatoms. The Bertz CT molecular complexity index is 364. The van der Waals surface area contributed by atoms with Gasteiger partial charge in [0.25, 0.3) is 5.91 Å². The van der Waals surface area contributed by atoms with Gasteiger partial charge in [0, 0.05) is 11.8 Å². The maximum Gasteiger partial charge on any atom is 0.274 e. The number of anilines is 1. The summed E-state index contributed by atoms with van der Waals surface area (Å²) in [6.45, 7) is 3.92. The number of nitrogens with two attached hydrogens (primary N) is 1. The van der Waals surface area contributed by atoms with Crippen LogP contribution < -0.4 is 11.1 Å². The van der Waals surface area contributed by atoms with Gasteiger partial charge in [0.2, 0.25) is 0 Å². The van der Waals surface area contributed by atoms with Crippen molar-refractivity contribution in [1.29, 1.82) is 0 Å². The predicted molar refractivity (Wildman–Crippen MR) is 67.7 cm³/mol. The van der Waals surface area contributed by atoms with Crippen molar-refractivity contribution in [3.8, 4) is 0 Å². The van der Waals surface area contributed by atoms with Crippen molar-refractivity contribution in [2.45, 2.75) is 26.3 Å². The van der Waals surface area contributed by atoms with E-state index in [2.05, 4.69) is 15.5 Å². The van der Waals surface area contributed by atoms with Crippen LogP contribution in [0.1, 0.15) is 30.0 Å². The van der Waals surface area contributed by atoms with E-state index in [1.54, 1.807) is 11.8 Å². The third-order valence-electron chi connectivity index (χ3n) is 2.25. The average Bonchev–Trinajstić information content (AvgIpc) is 2.59. The van der Waals surface area contributed by atoms with Gasteiger partial charge in [-0.05, 0) is 19.6 Å². The van der Waals surface area contributed by atoms with Crippen LogP contribution in [-0.4, -0.2) is 34.2 Å². The molecule has 1 aromatic heterocycles. The molecule has 1 amide bonds. The van der Waals surface area contributed by atoms with Gasteiger partial charge in [-0.3, -0.25) is 9.89 Å². The lowest BCUT2D eigenvalue weighted by atomic mass is 10.2. The van der Waals surface area contributed by atoms with Crippen LogP contribution in [0.15, 0.2) is 0 Å². The third kappa shape index (κ3) is 2.91. The smallest absolute Gasteiger partial charge is 0.274 e. The number of carbonyl (C=O) groups excluding carboxylic acids is 1. The van der Waals surface area contributed by atoms with Gasteiger partial charge in [0.15, 0.2) is 5.69 Å². The topological polar surface area (TPSA) is 83.8 Å². The summed E-state index contributed by atoms with van der Waals surface area (Å²) >= 11 is 1.69. The molecular formula is C10H18N4OS. The van der Waals surface area contributed by atoms with Crippen molar-refractivity contribution in [3.05, 3.63) is 11.4 Å². The molecule has 0 aliphatic heterocycles. The van der Waals surface area contributed by atoms with Crippen LogP contribution in [0.5, 0.6) is 0 Å². The molecule has 1 aromatic rings. The number of aromatic nitrogens is 2. The Balaban J connectivity index is 2.69. The Morgan fingerprint density at radius 1 is 1.69 bits per heavy atom. The predicted octanol–water partition coefficient (Wildman–Crippen LogP) is 1.04. The van der Waals surface area contributed by atoms with E-state index in [-0.39, 0.29) is 11.9 Å². The number of carbonyl (C=O) groups is 1. The molecule has 0 bridgehead atoms. The summed E-state index contributed by atoms with van der Waals surface area (Å²) in [7, 11) is 0. The fourth-order valence-electron chi connectivity index (χ4n) is 1.41. The number of H-pyrrole nitrogens is 1. The average molecular weight is 242 g/mol. The maximum atomic E-state index is 11.8. The number of nitrogens with one attached hydrogen (secondary N) is 2. The second kappa shape index (κ2) is 5.79. The molecule has 1 heterocycles. The second-order valence-electron chi connectivity index (χ2n) is 3.65. The van der Waals surface area contributed by atoms with Gasteiger partial charge in [-0.15, -0.1) is 0 Å². The van der Waals surface area contributed by atoms with Crippen molar-refractivity contribution in [2.24, 2.45) is 0 Å². The van der Waals surface area contributed by atoms with Crippen LogP contribution in [0, 0.1) is 0 Å². The van der Waals surface area contributed by atoms with Gasteiger partial charge in [-0.1, -0.05) is 6.92 Å². The molecule has 0 spiro atoms. The highest BCUT2D eigenvalue weighted by molar-refractivity contribution is 7.98. The molecule has 1 rings (SSSR count). The van der Waals surface area contributed by atoms with Crippen molar-refractivity contribution in [3.63, 3.8) is 0 Å². The quantitative estimate of drug-likeness (QED) is 0.720. The number of hydrogen-bond donors (Lipinski definition) is 3. The zero-order chi connectivity index (χ0) is 12.1. The van der Waals surface area contributed by atoms with Crippen molar-refractivity contribution in [1.82, 2.24) is 15.5 Å². The molecule has 4 N–H and O–H groups in total. The first kappa shape index (κ1) is 12.9. The summed E-state index contributed by atoms with van der Waals surface area (Å²) < 4.78 is 0. The summed E-state index contributed by atoms with van der Waals surface area (Å²) in [6, 6.07) is 0.115. The zero-order valence-corrected chi connectivity index (χ0v) is 10.6. The van der Waals surface area contributed by atoms with Gasteiger partial charge < -0.3 is 11.1 Å². The van der Waals surface area contributed by atoms with Crippen LogP contribution in [0.2, 0.25) is 0 Å². The number of nitrogens with zero attached hydrogens (tertiary/aromatic N) is 1. The van der Waals surface area contributed by atoms with E-state index < -0.39 is 0 Å². The summed E-state index contributed by atoms with van der Waals surface area (Å²) in [5, 5.41) is 9.55. The van der Waals surface area contributed by atoms with Crippen molar-refractivity contribution >= 4 is 23.4 Å². The number of hydrogen-bond acceptors (Lipinski definition) is 4. The number of aryl methyl sites for hydroxylation is 1. The highest BCUT2D eigenvalue weighted by atomic mass is 32.2. The summed E-state index contributed by atoms with van der Waals surface area (Å²) in [6.07, 6.45) is 2.74. The van der Waals surface area contributed by atoms with Crippen LogP contribution in [0.25, 0.3) is 0 Å². The normalized spacial score (nSPS) is 12.4. The third-order valence-corrected chi connectivity index (χ3v) is 3.08. The Kier molecular flexibility index (Phi) is 4.67. The lowest BCUT2D eigenvalue weighted by Crippen LogP contribution is -2.34. The first-order valence-corrected chi connectivity index (χ1v) is 6.62. The zero-order valence-electron chi connectivity index (χ0n) is 9.83. The van der Waals surface area contributed by atoms with Gasteiger partial charge in [-0.25, -0.2) is 0 Å². The Morgan fingerprint density at radius 3 is 2.88 bits per heavy atom. The first-order chi connectivity index (χ1) is 7.60. The molecule has 0 aliphatic carbocycles. The van der Waals surface area contributed by atoms with Crippen LogP contribution in [0.4, 0.5) is 5.69 Å². The monoisotopic (exact) mass is 242 g/mol. The minimum Gasteiger partial charge on any atom is -0.395 e. The lowest BCUT2D eigenvalue weighted by molar-refractivity contribution is 0.0939. The van der Waals surface area contributed by atoms with E-state index in [9.17, 15) is 4.79 Å². The number of aromatic amines is 1. The molecule has 90 valence electrons. The van der Waals surface area contributed by atoms with E-state index in [0.717, 1.165) is 17.9 Å². The molecule has 0 saturated heterocycles. The maximum absolute atomic E-state index is 11.8. The fourth-order valence-corrected chi connectivity index (χ4v) is 2.00. The van der Waals surface area contributed by atoms with Crippen LogP contribution >= 0.6 is 11.8 Å². The summed E-state index contributed by atoms with van der Waals surface area (Å²) in [4.78, 5) is 11.8. The fraction of sp³-hybridized carbons (Fsp3) is 0.600. The van der Waals surface area contributed by atoms with E-state index in [4.69, 9.17) is 5.73 Å². The number of nitrogen functional groups attached to an aromatic ring is 1. The molecule has 0 aliphatic rings. The van der Waals surface area contributed by atoms with Crippen molar-refractivity contribution < 1.29 is 4.79 Å². The highest BCUT2D eigenvalue weighted by Crippen LogP contribution is 2.14. The van der Waals surface area contributed by atoms with Crippen LogP contribution in [-0.2, 0) is 6.42 Å². The Morgan fingerprint density at radius 2 is 2.38 bits per heavy atom. The Hall–Kier alpha value is -1.17. The Labute approximate surface area is 99.6 Å². The van der Waals surface area contributed by atoms with Gasteiger partial charge in [-0.2, -0.15) is 16.9 Å². The molecular weight excluding hydrogens is 224 g/mol. The molecule has 0 radical (unpaired) electrons. The summed E-state index contributed by atoms with van der Waals surface area (Å²) in [5.41, 5.74) is 7.36. The van der Waals surface area contributed by atoms with Crippen LogP contribution in [0.3, 0.4) is 0 Å². The summed E-state index contributed by atoms with van der Waals surface area (Å²) in [5.74, 6) is 0.659. The molecule has 5 nitrogen and oxygen atoms in total. The van der Waals surface area contributed by atoms with E-state index >= 15 is 0 Å². The first-order valence-electron chi connectivity index (χ1n) is 5.22. The molecule has 0 saturated carbocycles. The standard InChI is InChI=1S/C10H18N4OS/c1-4-7-8(11)9(14-13-7)10(15)12-6(2)5-16-3/h6H,4-5,11H2,1-3H3,(H,12,15)(H,13,14). The largest absolute Gasteiger partial charge is 0.395 e. The minimum absolute atomic E-state index is 0.115. The number of amides is 1. The van der Waals surface area contributed by atoms with E-state index in [1.165, 1.54) is 0 Å². The van der Waals surface area contributed by atoms with Gasteiger partial charge >= 0.3 is 0 Å². The molecule has 16 heavy (non-hydrogen) atoms. The minimum atomic E-state index is -0.213. The molecule has 0 fully saturated rings. The second-order valence-corrected chi connectivity index (χ2v) is 4.56. The highest BCUT2D eigenvalue weighted by Gasteiger charge is 2.17. The lowest BCUT2D eigenvalue weighted by Gasteiger charge is -2.11. The molecule has 0 aromatic carbocycles. The van der Waals surface area contributed by atoms with Gasteiger partial charge in [0.05, 0.1) is 11.4 Å². The number of rotatable bonds is 5.